The van der Waals surface area contributed by atoms with E-state index in [1.165, 1.54) is 11.8 Å². The molecule has 0 radical (unpaired) electrons. The number of imide groups is 1. The van der Waals surface area contributed by atoms with Gasteiger partial charge in [-0.05, 0) is 13.8 Å². The first-order chi connectivity index (χ1) is 8.56. The number of H-pyrrole nitrogens is 1. The van der Waals surface area contributed by atoms with E-state index in [-0.39, 0.29) is 5.91 Å². The molecule has 0 bridgehead atoms. The number of thioether (sulfide) groups is 1. The zero-order valence-electron chi connectivity index (χ0n) is 10.6. The number of aryl methyl sites for hydroxylation is 1. The maximum absolute atomic E-state index is 11.7. The van der Waals surface area contributed by atoms with Crippen LogP contribution in [-0.4, -0.2) is 38.9 Å². The van der Waals surface area contributed by atoms with Crippen LogP contribution >= 0.6 is 11.8 Å². The quantitative estimate of drug-likeness (QED) is 0.684. The molecule has 1 aromatic rings. The van der Waals surface area contributed by atoms with Gasteiger partial charge in [-0.3, -0.25) is 15.2 Å². The van der Waals surface area contributed by atoms with Gasteiger partial charge in [0.2, 0.25) is 11.1 Å². The summed E-state index contributed by atoms with van der Waals surface area (Å²) in [5.74, 6) is 0.405. The van der Waals surface area contributed by atoms with E-state index in [2.05, 4.69) is 25.8 Å². The van der Waals surface area contributed by atoms with Crippen molar-refractivity contribution >= 4 is 23.7 Å². The first-order valence-electron chi connectivity index (χ1n) is 5.73. The zero-order chi connectivity index (χ0) is 13.5. The number of urea groups is 1. The monoisotopic (exact) mass is 271 g/mol. The second kappa shape index (κ2) is 7.00. The molecule has 0 aliphatic rings. The number of carbonyl (C=O) groups is 2. The van der Waals surface area contributed by atoms with Gasteiger partial charge in [-0.2, -0.15) is 0 Å². The van der Waals surface area contributed by atoms with Gasteiger partial charge in [0.25, 0.3) is 0 Å². The number of aromatic nitrogens is 3. The third kappa shape index (κ3) is 4.36. The Bertz CT molecular complexity index is 420. The fourth-order valence-corrected chi connectivity index (χ4v) is 1.86. The van der Waals surface area contributed by atoms with Crippen LogP contribution in [0.2, 0.25) is 0 Å². The predicted molar refractivity (Wildman–Crippen MR) is 68.3 cm³/mol. The Morgan fingerprint density at radius 1 is 1.44 bits per heavy atom. The maximum Gasteiger partial charge on any atom is 0.321 e. The molecular formula is C10H17N5O2S. The summed E-state index contributed by atoms with van der Waals surface area (Å²) >= 11 is 1.20. The van der Waals surface area contributed by atoms with Crippen LogP contribution in [0.3, 0.4) is 0 Å². The molecule has 3 N–H and O–H groups in total. The van der Waals surface area contributed by atoms with Gasteiger partial charge >= 0.3 is 6.03 Å². The molecule has 1 unspecified atom stereocenters. The van der Waals surface area contributed by atoms with Gasteiger partial charge < -0.3 is 5.32 Å². The van der Waals surface area contributed by atoms with E-state index in [9.17, 15) is 9.59 Å². The summed E-state index contributed by atoms with van der Waals surface area (Å²) in [5.41, 5.74) is 0. The van der Waals surface area contributed by atoms with Crippen molar-refractivity contribution in [3.05, 3.63) is 5.82 Å². The van der Waals surface area contributed by atoms with Crippen molar-refractivity contribution in [2.75, 3.05) is 6.54 Å². The lowest BCUT2D eigenvalue weighted by Gasteiger charge is -2.09. The van der Waals surface area contributed by atoms with Crippen molar-refractivity contribution < 1.29 is 9.59 Å². The number of rotatable bonds is 5. The topological polar surface area (TPSA) is 99.8 Å². The Morgan fingerprint density at radius 2 is 2.17 bits per heavy atom. The molecule has 8 heteroatoms. The van der Waals surface area contributed by atoms with Crippen molar-refractivity contribution in [3.8, 4) is 0 Å². The number of hydrogen-bond acceptors (Lipinski definition) is 5. The summed E-state index contributed by atoms with van der Waals surface area (Å²) < 4.78 is 0. The van der Waals surface area contributed by atoms with Crippen LogP contribution in [0, 0.1) is 0 Å². The molecular weight excluding hydrogens is 254 g/mol. The normalized spacial score (nSPS) is 11.9. The molecule has 0 aliphatic heterocycles. The Hall–Kier alpha value is -1.57. The number of nitrogens with one attached hydrogen (secondary N) is 3. The van der Waals surface area contributed by atoms with E-state index in [4.69, 9.17) is 0 Å². The first-order valence-corrected chi connectivity index (χ1v) is 6.61. The smallest absolute Gasteiger partial charge is 0.321 e. The molecule has 7 nitrogen and oxygen atoms in total. The van der Waals surface area contributed by atoms with Crippen molar-refractivity contribution in [3.63, 3.8) is 0 Å². The summed E-state index contributed by atoms with van der Waals surface area (Å²) in [4.78, 5) is 27.0. The number of aromatic amines is 1. The lowest BCUT2D eigenvalue weighted by molar-refractivity contribution is -0.119. The Labute approximate surface area is 110 Å². The fourth-order valence-electron chi connectivity index (χ4n) is 1.12. The van der Waals surface area contributed by atoms with E-state index in [0.29, 0.717) is 11.7 Å². The van der Waals surface area contributed by atoms with Gasteiger partial charge in [-0.25, -0.2) is 9.78 Å². The lowest BCUT2D eigenvalue weighted by Crippen LogP contribution is -2.42. The highest BCUT2D eigenvalue weighted by Crippen LogP contribution is 2.18. The van der Waals surface area contributed by atoms with Crippen molar-refractivity contribution in [1.29, 1.82) is 0 Å². The first kappa shape index (κ1) is 14.5. The molecule has 0 saturated heterocycles. The van der Waals surface area contributed by atoms with Crippen LogP contribution in [-0.2, 0) is 11.2 Å². The van der Waals surface area contributed by atoms with Gasteiger partial charge in [0, 0.05) is 13.0 Å². The number of hydrogen-bond donors (Lipinski definition) is 3. The molecule has 3 amide bonds. The molecule has 0 saturated carbocycles. The number of carbonyl (C=O) groups excluding carboxylic acids is 2. The molecule has 0 fully saturated rings. The number of nitrogens with zero attached hydrogens (tertiary/aromatic N) is 2. The van der Waals surface area contributed by atoms with Crippen LogP contribution in [0.25, 0.3) is 0 Å². The molecule has 1 rings (SSSR count). The second-order valence-electron chi connectivity index (χ2n) is 3.53. The van der Waals surface area contributed by atoms with Crippen LogP contribution in [0.4, 0.5) is 4.79 Å². The molecule has 0 spiro atoms. The third-order valence-electron chi connectivity index (χ3n) is 2.07. The van der Waals surface area contributed by atoms with Crippen molar-refractivity contribution in [2.24, 2.45) is 0 Å². The van der Waals surface area contributed by atoms with Gasteiger partial charge in [0.1, 0.15) is 5.82 Å². The van der Waals surface area contributed by atoms with Gasteiger partial charge in [0.05, 0.1) is 5.25 Å². The molecule has 100 valence electrons. The molecule has 18 heavy (non-hydrogen) atoms. The van der Waals surface area contributed by atoms with E-state index in [1.54, 1.807) is 13.8 Å². The maximum atomic E-state index is 11.7. The summed E-state index contributed by atoms with van der Waals surface area (Å²) in [6.07, 6.45) is 0.757. The van der Waals surface area contributed by atoms with Crippen molar-refractivity contribution in [1.82, 2.24) is 25.8 Å². The van der Waals surface area contributed by atoms with E-state index in [1.807, 2.05) is 6.92 Å². The van der Waals surface area contributed by atoms with Crippen molar-refractivity contribution in [2.45, 2.75) is 37.6 Å². The summed E-state index contributed by atoms with van der Waals surface area (Å²) in [5, 5.41) is 11.5. The third-order valence-corrected chi connectivity index (χ3v) is 3.03. The minimum absolute atomic E-state index is 0.367. The highest BCUT2D eigenvalue weighted by atomic mass is 32.2. The largest absolute Gasteiger partial charge is 0.338 e. The van der Waals surface area contributed by atoms with E-state index < -0.39 is 11.3 Å². The second-order valence-corrected chi connectivity index (χ2v) is 4.83. The number of amides is 3. The Kier molecular flexibility index (Phi) is 5.63. The summed E-state index contributed by atoms with van der Waals surface area (Å²) in [6.45, 7) is 5.91. The zero-order valence-corrected chi connectivity index (χ0v) is 11.4. The molecule has 1 atom stereocenters. The molecule has 1 heterocycles. The lowest BCUT2D eigenvalue weighted by atomic mass is 10.4. The average molecular weight is 271 g/mol. The molecule has 1 aromatic heterocycles. The average Bonchev–Trinajstić information content (AvgIpc) is 2.76. The Morgan fingerprint density at radius 3 is 2.72 bits per heavy atom. The molecule has 0 aromatic carbocycles. The summed E-state index contributed by atoms with van der Waals surface area (Å²) in [7, 11) is 0. The highest BCUT2D eigenvalue weighted by molar-refractivity contribution is 8.00. The Balaban J connectivity index is 2.46. The van der Waals surface area contributed by atoms with Crippen LogP contribution < -0.4 is 10.6 Å². The standard InChI is InChI=1S/C10H17N5O2S/c1-4-7-12-10(15-14-7)18-6(3)8(16)13-9(17)11-5-2/h6H,4-5H2,1-3H3,(H,12,14,15)(H2,11,13,16,17). The van der Waals surface area contributed by atoms with Crippen LogP contribution in [0.15, 0.2) is 5.16 Å². The minimum Gasteiger partial charge on any atom is -0.338 e. The van der Waals surface area contributed by atoms with E-state index >= 15 is 0 Å². The van der Waals surface area contributed by atoms with Gasteiger partial charge in [-0.1, -0.05) is 18.7 Å². The molecule has 0 aliphatic carbocycles. The van der Waals surface area contributed by atoms with E-state index in [0.717, 1.165) is 12.2 Å². The van der Waals surface area contributed by atoms with Crippen LogP contribution in [0.1, 0.15) is 26.6 Å². The minimum atomic E-state index is -0.487. The fraction of sp³-hybridized carbons (Fsp3) is 0.600. The predicted octanol–water partition coefficient (Wildman–Crippen LogP) is 0.693. The summed E-state index contributed by atoms with van der Waals surface area (Å²) in [6, 6.07) is -0.487. The van der Waals surface area contributed by atoms with Crippen LogP contribution in [0.5, 0.6) is 0 Å². The SMILES string of the molecule is CCNC(=O)NC(=O)C(C)Sc1n[nH]c(CC)n1. The highest BCUT2D eigenvalue weighted by Gasteiger charge is 2.18. The van der Waals surface area contributed by atoms with Gasteiger partial charge in [-0.15, -0.1) is 5.10 Å². The van der Waals surface area contributed by atoms with Gasteiger partial charge in [0.15, 0.2) is 0 Å².